The monoisotopic (exact) mass is 270 g/mol. The Hall–Kier alpha value is -1.87. The Morgan fingerprint density at radius 2 is 1.90 bits per heavy atom. The zero-order valence-corrected chi connectivity index (χ0v) is 12.7. The highest BCUT2D eigenvalue weighted by molar-refractivity contribution is 5.65. The minimum atomic E-state index is 0.0735. The molecular formula is C17H22N2O. The van der Waals surface area contributed by atoms with Gasteiger partial charge >= 0.3 is 0 Å². The van der Waals surface area contributed by atoms with Gasteiger partial charge in [-0.2, -0.15) is 0 Å². The molecule has 0 fully saturated rings. The highest BCUT2D eigenvalue weighted by Crippen LogP contribution is 2.23. The van der Waals surface area contributed by atoms with Crippen LogP contribution < -0.4 is 10.9 Å². The second kappa shape index (κ2) is 6.06. The van der Waals surface area contributed by atoms with E-state index in [1.54, 1.807) is 4.57 Å². The van der Waals surface area contributed by atoms with E-state index >= 15 is 0 Å². The van der Waals surface area contributed by atoms with Crippen molar-refractivity contribution < 1.29 is 0 Å². The first-order valence-corrected chi connectivity index (χ1v) is 7.02. The lowest BCUT2D eigenvalue weighted by atomic mass is 10.0. The third-order valence-electron chi connectivity index (χ3n) is 3.62. The van der Waals surface area contributed by atoms with E-state index in [1.807, 2.05) is 26.1 Å². The van der Waals surface area contributed by atoms with E-state index in [0.29, 0.717) is 6.54 Å². The maximum Gasteiger partial charge on any atom is 0.255 e. The number of rotatable bonds is 4. The Morgan fingerprint density at radius 1 is 1.15 bits per heavy atom. The smallest absolute Gasteiger partial charge is 0.255 e. The fraction of sp³-hybridized carbons (Fsp3) is 0.353. The number of aromatic nitrogens is 1. The van der Waals surface area contributed by atoms with E-state index in [-0.39, 0.29) is 5.56 Å². The predicted molar refractivity (Wildman–Crippen MR) is 84.0 cm³/mol. The molecule has 2 aromatic rings. The van der Waals surface area contributed by atoms with Crippen molar-refractivity contribution in [2.75, 3.05) is 6.54 Å². The van der Waals surface area contributed by atoms with Crippen molar-refractivity contribution in [3.05, 3.63) is 57.4 Å². The largest absolute Gasteiger partial charge is 0.313 e. The van der Waals surface area contributed by atoms with Crippen molar-refractivity contribution in [3.63, 3.8) is 0 Å². The minimum absolute atomic E-state index is 0.0735. The van der Waals surface area contributed by atoms with Crippen LogP contribution in [0.25, 0.3) is 11.3 Å². The molecule has 0 amide bonds. The predicted octanol–water partition coefficient (Wildman–Crippen LogP) is 2.78. The van der Waals surface area contributed by atoms with E-state index in [1.165, 1.54) is 11.1 Å². The summed E-state index contributed by atoms with van der Waals surface area (Å²) < 4.78 is 1.74. The molecule has 1 heterocycles. The van der Waals surface area contributed by atoms with Crippen molar-refractivity contribution in [2.45, 2.75) is 27.3 Å². The quantitative estimate of drug-likeness (QED) is 0.927. The number of aryl methyl sites for hydroxylation is 2. The van der Waals surface area contributed by atoms with Crippen LogP contribution in [0.5, 0.6) is 0 Å². The van der Waals surface area contributed by atoms with Crippen molar-refractivity contribution in [3.8, 4) is 11.3 Å². The summed E-state index contributed by atoms with van der Waals surface area (Å²) in [4.78, 5) is 12.4. The third kappa shape index (κ3) is 2.83. The van der Waals surface area contributed by atoms with Gasteiger partial charge in [-0.3, -0.25) is 4.79 Å². The third-order valence-corrected chi connectivity index (χ3v) is 3.62. The Kier molecular flexibility index (Phi) is 4.40. The molecule has 0 unspecified atom stereocenters. The first kappa shape index (κ1) is 14.5. The van der Waals surface area contributed by atoms with Crippen LogP contribution in [0, 0.1) is 13.8 Å². The molecule has 106 valence electrons. The van der Waals surface area contributed by atoms with Crippen molar-refractivity contribution in [2.24, 2.45) is 7.05 Å². The van der Waals surface area contributed by atoms with Gasteiger partial charge in [0.05, 0.1) is 5.69 Å². The molecule has 0 saturated carbocycles. The highest BCUT2D eigenvalue weighted by Gasteiger charge is 2.09. The molecule has 0 atom stereocenters. The fourth-order valence-electron chi connectivity index (χ4n) is 2.36. The molecular weight excluding hydrogens is 248 g/mol. The van der Waals surface area contributed by atoms with Crippen LogP contribution in [0.1, 0.15) is 23.6 Å². The first-order chi connectivity index (χ1) is 9.54. The van der Waals surface area contributed by atoms with Crippen LogP contribution in [0.3, 0.4) is 0 Å². The minimum Gasteiger partial charge on any atom is -0.313 e. The molecule has 0 aliphatic heterocycles. The van der Waals surface area contributed by atoms with Crippen LogP contribution in [-0.4, -0.2) is 11.1 Å². The van der Waals surface area contributed by atoms with Crippen molar-refractivity contribution >= 4 is 0 Å². The Bertz CT molecular complexity index is 671. The Morgan fingerprint density at radius 3 is 2.60 bits per heavy atom. The van der Waals surface area contributed by atoms with Gasteiger partial charge in [-0.1, -0.05) is 30.7 Å². The molecule has 2 rings (SSSR count). The number of pyridine rings is 1. The summed E-state index contributed by atoms with van der Waals surface area (Å²) in [5.74, 6) is 0. The molecule has 0 aliphatic rings. The van der Waals surface area contributed by atoms with Gasteiger partial charge in [0.25, 0.3) is 5.56 Å². The molecule has 1 aromatic carbocycles. The zero-order chi connectivity index (χ0) is 14.7. The first-order valence-electron chi connectivity index (χ1n) is 7.02. The van der Waals surface area contributed by atoms with E-state index in [2.05, 4.69) is 37.4 Å². The standard InChI is InChI=1S/C17H22N2O/c1-5-18-11-14-8-9-16(19(4)17(14)20)15-10-12(2)6-7-13(15)3/h6-10,18H,5,11H2,1-4H3. The van der Waals surface area contributed by atoms with E-state index in [4.69, 9.17) is 0 Å². The summed E-state index contributed by atoms with van der Waals surface area (Å²) in [5, 5.41) is 3.20. The molecule has 1 aromatic heterocycles. The average molecular weight is 270 g/mol. The van der Waals surface area contributed by atoms with Crippen LogP contribution in [0.2, 0.25) is 0 Å². The second-order valence-electron chi connectivity index (χ2n) is 5.21. The van der Waals surface area contributed by atoms with E-state index in [0.717, 1.165) is 23.4 Å². The summed E-state index contributed by atoms with van der Waals surface area (Å²) in [5.41, 5.74) is 5.36. The normalized spacial score (nSPS) is 10.8. The summed E-state index contributed by atoms with van der Waals surface area (Å²) in [6.07, 6.45) is 0. The van der Waals surface area contributed by atoms with Crippen molar-refractivity contribution in [1.82, 2.24) is 9.88 Å². The van der Waals surface area contributed by atoms with Gasteiger partial charge in [0.15, 0.2) is 0 Å². The SMILES string of the molecule is CCNCc1ccc(-c2cc(C)ccc2C)n(C)c1=O. The summed E-state index contributed by atoms with van der Waals surface area (Å²) in [6, 6.07) is 10.3. The van der Waals surface area contributed by atoms with E-state index < -0.39 is 0 Å². The van der Waals surface area contributed by atoms with Crippen LogP contribution >= 0.6 is 0 Å². The summed E-state index contributed by atoms with van der Waals surface area (Å²) in [6.45, 7) is 7.67. The maximum absolute atomic E-state index is 12.4. The van der Waals surface area contributed by atoms with Gasteiger partial charge in [-0.25, -0.2) is 0 Å². The number of nitrogens with zero attached hydrogens (tertiary/aromatic N) is 1. The molecule has 3 heteroatoms. The fourth-order valence-corrected chi connectivity index (χ4v) is 2.36. The molecule has 0 bridgehead atoms. The number of hydrogen-bond acceptors (Lipinski definition) is 2. The summed E-state index contributed by atoms with van der Waals surface area (Å²) >= 11 is 0. The van der Waals surface area contributed by atoms with Gasteiger partial charge < -0.3 is 9.88 Å². The lowest BCUT2D eigenvalue weighted by molar-refractivity contribution is 0.707. The lowest BCUT2D eigenvalue weighted by Gasteiger charge is -2.13. The van der Waals surface area contributed by atoms with Gasteiger partial charge in [-0.05, 0) is 38.1 Å². The number of benzene rings is 1. The van der Waals surface area contributed by atoms with E-state index in [9.17, 15) is 4.79 Å². The molecule has 3 nitrogen and oxygen atoms in total. The molecule has 0 radical (unpaired) electrons. The topological polar surface area (TPSA) is 34.0 Å². The molecule has 0 aliphatic carbocycles. The maximum atomic E-state index is 12.4. The van der Waals surface area contributed by atoms with Gasteiger partial charge in [0, 0.05) is 24.7 Å². The second-order valence-corrected chi connectivity index (χ2v) is 5.21. The number of hydrogen-bond donors (Lipinski definition) is 1. The molecule has 1 N–H and O–H groups in total. The Balaban J connectivity index is 2.51. The average Bonchev–Trinajstić information content (AvgIpc) is 2.43. The molecule has 0 saturated heterocycles. The molecule has 0 spiro atoms. The van der Waals surface area contributed by atoms with Crippen molar-refractivity contribution in [1.29, 1.82) is 0 Å². The summed E-state index contributed by atoms with van der Waals surface area (Å²) in [7, 11) is 1.84. The zero-order valence-electron chi connectivity index (χ0n) is 12.7. The van der Waals surface area contributed by atoms with Gasteiger partial charge in [-0.15, -0.1) is 0 Å². The highest BCUT2D eigenvalue weighted by atomic mass is 16.1. The lowest BCUT2D eigenvalue weighted by Crippen LogP contribution is -2.26. The Labute approximate surface area is 120 Å². The van der Waals surface area contributed by atoms with Crippen LogP contribution in [0.4, 0.5) is 0 Å². The molecule has 20 heavy (non-hydrogen) atoms. The number of nitrogens with one attached hydrogen (secondary N) is 1. The van der Waals surface area contributed by atoms with Crippen LogP contribution in [-0.2, 0) is 13.6 Å². The van der Waals surface area contributed by atoms with Gasteiger partial charge in [0.2, 0.25) is 0 Å². The van der Waals surface area contributed by atoms with Crippen LogP contribution in [0.15, 0.2) is 35.1 Å². The van der Waals surface area contributed by atoms with Gasteiger partial charge in [0.1, 0.15) is 0 Å².